The van der Waals surface area contributed by atoms with Gasteiger partial charge in [0.1, 0.15) is 17.9 Å². The van der Waals surface area contributed by atoms with Crippen LogP contribution in [0.1, 0.15) is 37.8 Å². The van der Waals surface area contributed by atoms with Gasteiger partial charge in [0, 0.05) is 26.2 Å². The minimum Gasteiger partial charge on any atom is -0.338 e. The van der Waals surface area contributed by atoms with Crippen molar-refractivity contribution < 1.29 is 27.2 Å². The highest BCUT2D eigenvalue weighted by Crippen LogP contribution is 2.30. The van der Waals surface area contributed by atoms with Crippen molar-refractivity contribution in [2.24, 2.45) is 0 Å². The first-order valence-corrected chi connectivity index (χ1v) is 13.6. The fourth-order valence-corrected chi connectivity index (χ4v) is 6.13. The number of piperazine rings is 1. The van der Waals surface area contributed by atoms with E-state index in [1.807, 2.05) is 12.1 Å². The van der Waals surface area contributed by atoms with Gasteiger partial charge >= 0.3 is 6.03 Å². The van der Waals surface area contributed by atoms with Gasteiger partial charge in [-0.3, -0.25) is 14.5 Å². The monoisotopic (exact) mass is 550 g/mol. The number of hydrogen-bond acceptors (Lipinski definition) is 5. The van der Waals surface area contributed by atoms with Crippen LogP contribution in [0.3, 0.4) is 0 Å². The Hall–Kier alpha value is -3.02. The van der Waals surface area contributed by atoms with Crippen LogP contribution in [0.4, 0.5) is 9.18 Å². The van der Waals surface area contributed by atoms with E-state index in [4.69, 9.17) is 11.6 Å². The van der Waals surface area contributed by atoms with Crippen molar-refractivity contribution in [3.05, 3.63) is 64.4 Å². The second-order valence-corrected chi connectivity index (χ2v) is 11.9. The standard InChI is InChI=1S/C25H28ClFN4O5S/c1-16(2)17-4-6-18(7-5-17)25(3)23(33)31(24(34)28-25)15-22(32)29-10-12-30(13-11-29)37(35,36)19-8-9-21(27)20(26)14-19/h4-9,14,16H,10-13,15H2,1-3H3,(H,28,34). The van der Waals surface area contributed by atoms with Crippen molar-refractivity contribution in [3.8, 4) is 0 Å². The first-order chi connectivity index (χ1) is 17.3. The van der Waals surface area contributed by atoms with E-state index >= 15 is 0 Å². The van der Waals surface area contributed by atoms with Crippen LogP contribution in [0.5, 0.6) is 0 Å². The Morgan fingerprint density at radius 2 is 1.70 bits per heavy atom. The Morgan fingerprint density at radius 1 is 1.08 bits per heavy atom. The number of benzene rings is 2. The number of carbonyl (C=O) groups is 3. The minimum atomic E-state index is -3.93. The number of urea groups is 1. The predicted octanol–water partition coefficient (Wildman–Crippen LogP) is 2.90. The Balaban J connectivity index is 1.40. The first-order valence-electron chi connectivity index (χ1n) is 11.8. The second-order valence-electron chi connectivity index (χ2n) is 9.58. The molecule has 12 heteroatoms. The second kappa shape index (κ2) is 10.0. The Kier molecular flexibility index (Phi) is 7.33. The van der Waals surface area contributed by atoms with Crippen molar-refractivity contribution >= 4 is 39.5 Å². The highest BCUT2D eigenvalue weighted by molar-refractivity contribution is 7.89. The van der Waals surface area contributed by atoms with Crippen LogP contribution in [0.2, 0.25) is 5.02 Å². The highest BCUT2D eigenvalue weighted by Gasteiger charge is 2.49. The summed E-state index contributed by atoms with van der Waals surface area (Å²) in [5.41, 5.74) is 0.417. The molecule has 0 saturated carbocycles. The zero-order valence-electron chi connectivity index (χ0n) is 20.7. The van der Waals surface area contributed by atoms with E-state index < -0.39 is 45.8 Å². The van der Waals surface area contributed by atoms with Gasteiger partial charge in [0.15, 0.2) is 0 Å². The molecule has 2 fully saturated rings. The van der Waals surface area contributed by atoms with Crippen molar-refractivity contribution in [1.82, 2.24) is 19.4 Å². The molecule has 2 heterocycles. The number of imide groups is 1. The van der Waals surface area contributed by atoms with Gasteiger partial charge in [0.05, 0.1) is 9.92 Å². The molecule has 4 amide bonds. The molecule has 2 aliphatic rings. The summed E-state index contributed by atoms with van der Waals surface area (Å²) < 4.78 is 40.4. The molecule has 0 aromatic heterocycles. The molecule has 9 nitrogen and oxygen atoms in total. The maximum Gasteiger partial charge on any atom is 0.325 e. The molecule has 198 valence electrons. The lowest BCUT2D eigenvalue weighted by Gasteiger charge is -2.34. The zero-order valence-corrected chi connectivity index (χ0v) is 22.3. The average molecular weight is 551 g/mol. The molecule has 2 aromatic carbocycles. The molecule has 1 atom stereocenters. The molecular weight excluding hydrogens is 523 g/mol. The predicted molar refractivity (Wildman–Crippen MR) is 135 cm³/mol. The number of carbonyl (C=O) groups excluding carboxylic acids is 3. The average Bonchev–Trinajstić information content (AvgIpc) is 3.09. The summed E-state index contributed by atoms with van der Waals surface area (Å²) in [6.07, 6.45) is 0. The van der Waals surface area contributed by atoms with Crippen LogP contribution < -0.4 is 5.32 Å². The topological polar surface area (TPSA) is 107 Å². The van der Waals surface area contributed by atoms with Crippen molar-refractivity contribution in [2.75, 3.05) is 32.7 Å². The van der Waals surface area contributed by atoms with Gasteiger partial charge in [-0.05, 0) is 42.2 Å². The molecule has 0 radical (unpaired) electrons. The van der Waals surface area contributed by atoms with Crippen LogP contribution >= 0.6 is 11.6 Å². The summed E-state index contributed by atoms with van der Waals surface area (Å²) in [5.74, 6) is -1.41. The fraction of sp³-hybridized carbons (Fsp3) is 0.400. The molecule has 0 spiro atoms. The maximum absolute atomic E-state index is 13.4. The Bertz CT molecular complexity index is 1340. The van der Waals surface area contributed by atoms with Gasteiger partial charge < -0.3 is 10.2 Å². The lowest BCUT2D eigenvalue weighted by Crippen LogP contribution is -2.53. The number of amides is 4. The van der Waals surface area contributed by atoms with Gasteiger partial charge in [0.2, 0.25) is 15.9 Å². The number of sulfonamides is 1. The molecule has 0 aliphatic carbocycles. The molecule has 0 bridgehead atoms. The maximum atomic E-state index is 13.4. The van der Waals surface area contributed by atoms with E-state index in [1.165, 1.54) is 9.21 Å². The zero-order chi connectivity index (χ0) is 27.1. The summed E-state index contributed by atoms with van der Waals surface area (Å²) in [4.78, 5) is 41.0. The molecule has 1 N–H and O–H groups in total. The van der Waals surface area contributed by atoms with Gasteiger partial charge in [0.25, 0.3) is 5.91 Å². The van der Waals surface area contributed by atoms with Crippen LogP contribution in [0.15, 0.2) is 47.4 Å². The van der Waals surface area contributed by atoms with Gasteiger partial charge in [-0.2, -0.15) is 4.31 Å². The van der Waals surface area contributed by atoms with E-state index in [1.54, 1.807) is 19.1 Å². The quantitative estimate of drug-likeness (QED) is 0.557. The van der Waals surface area contributed by atoms with Gasteiger partial charge in [-0.15, -0.1) is 0 Å². The van der Waals surface area contributed by atoms with Gasteiger partial charge in [-0.25, -0.2) is 17.6 Å². The minimum absolute atomic E-state index is 0.00310. The summed E-state index contributed by atoms with van der Waals surface area (Å²) >= 11 is 5.73. The number of rotatable bonds is 6. The number of nitrogens with zero attached hydrogens (tertiary/aromatic N) is 3. The fourth-order valence-electron chi connectivity index (χ4n) is 4.44. The largest absolute Gasteiger partial charge is 0.338 e. The van der Waals surface area contributed by atoms with E-state index in [9.17, 15) is 27.2 Å². The van der Waals surface area contributed by atoms with Crippen molar-refractivity contribution in [1.29, 1.82) is 0 Å². The number of halogens is 2. The summed E-state index contributed by atoms with van der Waals surface area (Å²) in [6.45, 7) is 5.42. The Morgan fingerprint density at radius 3 is 2.27 bits per heavy atom. The lowest BCUT2D eigenvalue weighted by molar-refractivity contribution is -0.139. The summed E-state index contributed by atoms with van der Waals surface area (Å²) in [5, 5.41) is 2.40. The van der Waals surface area contributed by atoms with Crippen LogP contribution in [-0.4, -0.2) is 73.1 Å². The van der Waals surface area contributed by atoms with E-state index in [-0.39, 0.29) is 36.1 Å². The Labute approximate surface area is 220 Å². The molecular formula is C25H28ClFN4O5S. The molecule has 1 unspecified atom stereocenters. The van der Waals surface area contributed by atoms with Crippen molar-refractivity contribution in [2.45, 2.75) is 37.1 Å². The number of nitrogens with one attached hydrogen (secondary N) is 1. The van der Waals surface area contributed by atoms with Crippen LogP contribution in [-0.2, 0) is 25.2 Å². The van der Waals surface area contributed by atoms with E-state index in [2.05, 4.69) is 19.2 Å². The molecule has 37 heavy (non-hydrogen) atoms. The van der Waals surface area contributed by atoms with Gasteiger partial charge in [-0.1, -0.05) is 49.7 Å². The lowest BCUT2D eigenvalue weighted by atomic mass is 9.90. The smallest absolute Gasteiger partial charge is 0.325 e. The summed E-state index contributed by atoms with van der Waals surface area (Å²) in [6, 6.07) is 9.92. The number of hydrogen-bond donors (Lipinski definition) is 1. The van der Waals surface area contributed by atoms with Crippen molar-refractivity contribution in [3.63, 3.8) is 0 Å². The first kappa shape index (κ1) is 27.0. The third-order valence-electron chi connectivity index (χ3n) is 6.84. The van der Waals surface area contributed by atoms with Crippen LogP contribution in [0.25, 0.3) is 0 Å². The molecule has 2 aromatic rings. The normalized spacial score (nSPS) is 21.0. The van der Waals surface area contributed by atoms with Crippen LogP contribution in [0, 0.1) is 5.82 Å². The summed E-state index contributed by atoms with van der Waals surface area (Å²) in [7, 11) is -3.93. The molecule has 4 rings (SSSR count). The third kappa shape index (κ3) is 5.07. The SMILES string of the molecule is CC(C)c1ccc(C2(C)NC(=O)N(CC(=O)N3CCN(S(=O)(=O)c4ccc(F)c(Cl)c4)CC3)C2=O)cc1. The van der Waals surface area contributed by atoms with E-state index in [0.717, 1.165) is 28.7 Å². The third-order valence-corrected chi connectivity index (χ3v) is 9.03. The van der Waals surface area contributed by atoms with E-state index in [0.29, 0.717) is 11.5 Å². The molecule has 2 saturated heterocycles. The highest BCUT2D eigenvalue weighted by atomic mass is 35.5. The molecule has 2 aliphatic heterocycles.